The van der Waals surface area contributed by atoms with Crippen LogP contribution in [-0.4, -0.2) is 66.9 Å². The average Bonchev–Trinajstić information content (AvgIpc) is 2.67. The van der Waals surface area contributed by atoms with Crippen molar-refractivity contribution in [2.24, 2.45) is 0 Å². The fourth-order valence-corrected chi connectivity index (χ4v) is 2.72. The molecular weight excluding hydrogens is 402 g/mol. The number of benzene rings is 1. The predicted molar refractivity (Wildman–Crippen MR) is 125 cm³/mol. The van der Waals surface area contributed by atoms with E-state index in [-0.39, 0.29) is 5.91 Å². The summed E-state index contributed by atoms with van der Waals surface area (Å²) in [6.45, 7) is 13.9. The molecule has 0 heterocycles. The minimum atomic E-state index is -0.525. The largest absolute Gasteiger partial charge is 0.444 e. The third-order valence-corrected chi connectivity index (χ3v) is 4.34. The number of hydrogen-bond acceptors (Lipinski definition) is 5. The third kappa shape index (κ3) is 11.0. The summed E-state index contributed by atoms with van der Waals surface area (Å²) in [5.74, 6) is -0.0948. The van der Waals surface area contributed by atoms with E-state index >= 15 is 0 Å². The highest BCUT2D eigenvalue weighted by Gasteiger charge is 2.15. The summed E-state index contributed by atoms with van der Waals surface area (Å²) in [6.07, 6.45) is -0.464. The molecule has 0 unspecified atom stereocenters. The lowest BCUT2D eigenvalue weighted by Gasteiger charge is -2.19. The first-order valence-corrected chi connectivity index (χ1v) is 10.7. The Morgan fingerprint density at radius 1 is 0.967 bits per heavy atom. The molecule has 4 N–H and O–H groups in total. The van der Waals surface area contributed by atoms with E-state index in [1.54, 1.807) is 24.3 Å². The quantitative estimate of drug-likeness (QED) is 0.330. The Morgan fingerprint density at radius 2 is 1.57 bits per heavy atom. The number of thiocarbonyl (C=S) groups is 1. The van der Waals surface area contributed by atoms with Gasteiger partial charge in [0.25, 0.3) is 5.91 Å². The lowest BCUT2D eigenvalue weighted by molar-refractivity contribution is 0.0528. The topological polar surface area (TPSA) is 94.7 Å². The molecule has 0 aliphatic carbocycles. The SMILES string of the molecule is CCN(CC)CCNC(=O)c1ccc(NC(=S)NCCNC(=O)OC(C)(C)C)cc1. The van der Waals surface area contributed by atoms with Gasteiger partial charge in [-0.1, -0.05) is 13.8 Å². The normalized spacial score (nSPS) is 11.0. The number of carbonyl (C=O) groups is 2. The summed E-state index contributed by atoms with van der Waals surface area (Å²) in [5.41, 5.74) is 0.843. The molecule has 0 saturated carbocycles. The van der Waals surface area contributed by atoms with Crippen molar-refractivity contribution in [3.63, 3.8) is 0 Å². The van der Waals surface area contributed by atoms with E-state index in [9.17, 15) is 9.59 Å². The van der Waals surface area contributed by atoms with Gasteiger partial charge in [0.15, 0.2) is 5.11 Å². The van der Waals surface area contributed by atoms with Crippen LogP contribution in [0.3, 0.4) is 0 Å². The molecular formula is C21H35N5O3S. The molecule has 0 aliphatic rings. The highest BCUT2D eigenvalue weighted by molar-refractivity contribution is 7.80. The number of likely N-dealkylation sites (N-methyl/N-ethyl adjacent to an activating group) is 1. The second-order valence-corrected chi connectivity index (χ2v) is 8.08. The number of rotatable bonds is 10. The standard InChI is InChI=1S/C21H35N5O3S/c1-6-26(7-2)15-14-22-18(27)16-8-10-17(11-9-16)25-19(30)23-12-13-24-20(28)29-21(3,4)5/h8-11H,6-7,12-15H2,1-5H3,(H,22,27)(H,24,28)(H2,23,25,30). The van der Waals surface area contributed by atoms with E-state index in [1.165, 1.54) is 0 Å². The molecule has 8 nitrogen and oxygen atoms in total. The number of amides is 2. The molecule has 0 spiro atoms. The molecule has 30 heavy (non-hydrogen) atoms. The third-order valence-electron chi connectivity index (χ3n) is 4.09. The number of anilines is 1. The lowest BCUT2D eigenvalue weighted by atomic mass is 10.2. The van der Waals surface area contributed by atoms with Gasteiger partial charge in [-0.05, 0) is 70.3 Å². The Hall–Kier alpha value is -2.39. The van der Waals surface area contributed by atoms with Crippen molar-refractivity contribution in [3.05, 3.63) is 29.8 Å². The molecule has 0 atom stereocenters. The van der Waals surface area contributed by atoms with Crippen LogP contribution in [0.4, 0.5) is 10.5 Å². The van der Waals surface area contributed by atoms with Gasteiger partial charge in [-0.2, -0.15) is 0 Å². The van der Waals surface area contributed by atoms with Gasteiger partial charge in [0.2, 0.25) is 0 Å². The van der Waals surface area contributed by atoms with Crippen molar-refractivity contribution in [1.29, 1.82) is 0 Å². The van der Waals surface area contributed by atoms with Gasteiger partial charge in [-0.15, -0.1) is 0 Å². The number of hydrogen-bond donors (Lipinski definition) is 4. The van der Waals surface area contributed by atoms with Gasteiger partial charge < -0.3 is 30.9 Å². The molecule has 9 heteroatoms. The van der Waals surface area contributed by atoms with Crippen LogP contribution in [0.5, 0.6) is 0 Å². The molecule has 0 fully saturated rings. The number of alkyl carbamates (subject to hydrolysis) is 1. The Kier molecular flexibility index (Phi) is 11.1. The van der Waals surface area contributed by atoms with Gasteiger partial charge in [0.1, 0.15) is 5.60 Å². The van der Waals surface area contributed by atoms with Crippen LogP contribution in [0.2, 0.25) is 0 Å². The molecule has 1 aromatic rings. The molecule has 0 aliphatic heterocycles. The zero-order valence-corrected chi connectivity index (χ0v) is 19.4. The van der Waals surface area contributed by atoms with Crippen LogP contribution in [-0.2, 0) is 4.74 Å². The summed E-state index contributed by atoms with van der Waals surface area (Å²) < 4.78 is 5.16. The summed E-state index contributed by atoms with van der Waals surface area (Å²) >= 11 is 5.24. The Balaban J connectivity index is 2.32. The van der Waals surface area contributed by atoms with Gasteiger partial charge in [0, 0.05) is 37.4 Å². The van der Waals surface area contributed by atoms with E-state index in [0.29, 0.717) is 30.3 Å². The average molecular weight is 438 g/mol. The maximum atomic E-state index is 12.2. The van der Waals surface area contributed by atoms with Crippen LogP contribution in [0, 0.1) is 0 Å². The van der Waals surface area contributed by atoms with Crippen LogP contribution in [0.15, 0.2) is 24.3 Å². The van der Waals surface area contributed by atoms with Gasteiger partial charge in [0.05, 0.1) is 0 Å². The van der Waals surface area contributed by atoms with E-state index < -0.39 is 11.7 Å². The first kappa shape index (κ1) is 25.6. The van der Waals surface area contributed by atoms with Gasteiger partial charge in [-0.25, -0.2) is 4.79 Å². The molecule has 2 amide bonds. The number of ether oxygens (including phenoxy) is 1. The summed E-state index contributed by atoms with van der Waals surface area (Å²) in [7, 11) is 0. The number of nitrogens with one attached hydrogen (secondary N) is 4. The zero-order valence-electron chi connectivity index (χ0n) is 18.6. The number of nitrogens with zero attached hydrogens (tertiary/aromatic N) is 1. The fourth-order valence-electron chi connectivity index (χ4n) is 2.50. The van der Waals surface area contributed by atoms with Crippen molar-refractivity contribution in [2.45, 2.75) is 40.2 Å². The molecule has 0 aromatic heterocycles. The second kappa shape index (κ2) is 13.0. The molecule has 0 bridgehead atoms. The molecule has 1 rings (SSSR count). The van der Waals surface area contributed by atoms with Crippen molar-refractivity contribution < 1.29 is 14.3 Å². The van der Waals surface area contributed by atoms with Gasteiger partial charge >= 0.3 is 6.09 Å². The summed E-state index contributed by atoms with van der Waals surface area (Å²) in [5, 5.41) is 12.1. The lowest BCUT2D eigenvalue weighted by Crippen LogP contribution is -2.39. The van der Waals surface area contributed by atoms with Crippen molar-refractivity contribution in [2.75, 3.05) is 44.6 Å². The van der Waals surface area contributed by atoms with Crippen molar-refractivity contribution >= 4 is 35.0 Å². The molecule has 168 valence electrons. The van der Waals surface area contributed by atoms with Crippen LogP contribution in [0.1, 0.15) is 45.0 Å². The van der Waals surface area contributed by atoms with Crippen molar-refractivity contribution in [3.8, 4) is 0 Å². The highest BCUT2D eigenvalue weighted by Crippen LogP contribution is 2.09. The Morgan fingerprint density at radius 3 is 2.13 bits per heavy atom. The summed E-state index contributed by atoms with van der Waals surface area (Å²) in [4.78, 5) is 26.0. The monoisotopic (exact) mass is 437 g/mol. The van der Waals surface area contributed by atoms with Crippen molar-refractivity contribution in [1.82, 2.24) is 20.9 Å². The Bertz CT molecular complexity index is 685. The summed E-state index contributed by atoms with van der Waals surface area (Å²) in [6, 6.07) is 7.10. The van der Waals surface area contributed by atoms with E-state index in [4.69, 9.17) is 17.0 Å². The second-order valence-electron chi connectivity index (χ2n) is 7.67. The highest BCUT2D eigenvalue weighted by atomic mass is 32.1. The van der Waals surface area contributed by atoms with E-state index in [0.717, 1.165) is 25.3 Å². The maximum Gasteiger partial charge on any atom is 0.407 e. The number of carbonyl (C=O) groups excluding carboxylic acids is 2. The first-order chi connectivity index (χ1) is 14.1. The first-order valence-electron chi connectivity index (χ1n) is 10.3. The van der Waals surface area contributed by atoms with Gasteiger partial charge in [-0.3, -0.25) is 4.79 Å². The van der Waals surface area contributed by atoms with Crippen LogP contribution in [0.25, 0.3) is 0 Å². The fraction of sp³-hybridized carbons (Fsp3) is 0.571. The smallest absolute Gasteiger partial charge is 0.407 e. The molecule has 1 aromatic carbocycles. The zero-order chi connectivity index (χ0) is 22.6. The van der Waals surface area contributed by atoms with Crippen LogP contribution >= 0.6 is 12.2 Å². The van der Waals surface area contributed by atoms with Crippen LogP contribution < -0.4 is 21.3 Å². The van der Waals surface area contributed by atoms with E-state index in [1.807, 2.05) is 20.8 Å². The minimum Gasteiger partial charge on any atom is -0.444 e. The maximum absolute atomic E-state index is 12.2. The Labute approximate surface area is 185 Å². The predicted octanol–water partition coefficient (Wildman–Crippen LogP) is 2.57. The van der Waals surface area contributed by atoms with E-state index in [2.05, 4.69) is 40.0 Å². The molecule has 0 saturated heterocycles. The minimum absolute atomic E-state index is 0.0948. The molecule has 0 radical (unpaired) electrons.